The number of hydrogen-bond donors (Lipinski definition) is 1. The highest BCUT2D eigenvalue weighted by atomic mass is 35.5. The molecular weight excluding hydrogens is 226 g/mol. The standard InChI is InChI=1S/C7H10ClN3S2/c8-6-7(11-13-10-6)9-5-1-3-12-4-2-5/h5H,1-4H2,(H,9,11). The molecule has 3 nitrogen and oxygen atoms in total. The summed E-state index contributed by atoms with van der Waals surface area (Å²) in [6, 6.07) is 0.530. The molecule has 1 aromatic rings. The van der Waals surface area contributed by atoms with E-state index in [1.54, 1.807) is 0 Å². The summed E-state index contributed by atoms with van der Waals surface area (Å²) in [5, 5.41) is 3.82. The van der Waals surface area contributed by atoms with Crippen LogP contribution in [0.2, 0.25) is 5.15 Å². The predicted octanol–water partition coefficient (Wildman–Crippen LogP) is 2.50. The number of anilines is 1. The van der Waals surface area contributed by atoms with Gasteiger partial charge in [0, 0.05) is 6.04 Å². The van der Waals surface area contributed by atoms with Crippen molar-refractivity contribution in [3.05, 3.63) is 5.15 Å². The fraction of sp³-hybridized carbons (Fsp3) is 0.714. The molecule has 0 aliphatic carbocycles. The SMILES string of the molecule is Clc1nsnc1NC1CCSCC1. The van der Waals surface area contributed by atoms with Gasteiger partial charge in [0.15, 0.2) is 11.0 Å². The highest BCUT2D eigenvalue weighted by molar-refractivity contribution is 7.99. The molecule has 0 saturated carbocycles. The van der Waals surface area contributed by atoms with Gasteiger partial charge in [-0.15, -0.1) is 0 Å². The van der Waals surface area contributed by atoms with Crippen molar-refractivity contribution in [1.82, 2.24) is 8.75 Å². The summed E-state index contributed by atoms with van der Waals surface area (Å²) >= 11 is 8.99. The van der Waals surface area contributed by atoms with E-state index < -0.39 is 0 Å². The van der Waals surface area contributed by atoms with E-state index in [4.69, 9.17) is 11.6 Å². The molecule has 1 aromatic heterocycles. The lowest BCUT2D eigenvalue weighted by atomic mass is 10.1. The van der Waals surface area contributed by atoms with Crippen molar-refractivity contribution in [2.75, 3.05) is 16.8 Å². The van der Waals surface area contributed by atoms with Crippen LogP contribution in [-0.2, 0) is 0 Å². The topological polar surface area (TPSA) is 37.8 Å². The van der Waals surface area contributed by atoms with Gasteiger partial charge in [-0.2, -0.15) is 20.5 Å². The molecule has 2 heterocycles. The van der Waals surface area contributed by atoms with Crippen molar-refractivity contribution < 1.29 is 0 Å². The third-order valence-electron chi connectivity index (χ3n) is 2.01. The van der Waals surface area contributed by atoms with Gasteiger partial charge >= 0.3 is 0 Å². The first-order valence-corrected chi connectivity index (χ1v) is 6.45. The maximum absolute atomic E-state index is 5.83. The van der Waals surface area contributed by atoms with Crippen molar-refractivity contribution in [2.24, 2.45) is 0 Å². The average Bonchev–Trinajstić information content (AvgIpc) is 2.54. The summed E-state index contributed by atoms with van der Waals surface area (Å²) in [5.74, 6) is 3.21. The quantitative estimate of drug-likeness (QED) is 0.855. The van der Waals surface area contributed by atoms with Crippen LogP contribution in [0.4, 0.5) is 5.82 Å². The van der Waals surface area contributed by atoms with Gasteiger partial charge < -0.3 is 5.32 Å². The van der Waals surface area contributed by atoms with Gasteiger partial charge in [0.25, 0.3) is 0 Å². The molecule has 0 aromatic carbocycles. The first kappa shape index (κ1) is 9.55. The largest absolute Gasteiger partial charge is 0.364 e. The molecule has 1 saturated heterocycles. The van der Waals surface area contributed by atoms with Crippen molar-refractivity contribution in [3.63, 3.8) is 0 Å². The Morgan fingerprint density at radius 3 is 2.69 bits per heavy atom. The Hall–Kier alpha value is -0.000000000000000111. The van der Waals surface area contributed by atoms with Crippen LogP contribution in [0, 0.1) is 0 Å². The van der Waals surface area contributed by atoms with Gasteiger partial charge in [0.1, 0.15) is 0 Å². The molecule has 2 rings (SSSR count). The third-order valence-corrected chi connectivity index (χ3v) is 3.95. The highest BCUT2D eigenvalue weighted by Crippen LogP contribution is 2.24. The molecule has 1 aliphatic heterocycles. The van der Waals surface area contributed by atoms with E-state index in [1.807, 2.05) is 11.8 Å². The fourth-order valence-electron chi connectivity index (χ4n) is 1.30. The van der Waals surface area contributed by atoms with E-state index in [0.717, 1.165) is 17.5 Å². The van der Waals surface area contributed by atoms with Crippen LogP contribution in [0.3, 0.4) is 0 Å². The van der Waals surface area contributed by atoms with E-state index in [9.17, 15) is 0 Å². The number of thioether (sulfide) groups is 1. The van der Waals surface area contributed by atoms with Gasteiger partial charge in [0.05, 0.1) is 11.7 Å². The van der Waals surface area contributed by atoms with Gasteiger partial charge in [0.2, 0.25) is 0 Å². The number of halogens is 1. The number of aromatic nitrogens is 2. The Kier molecular flexibility index (Phi) is 3.29. The highest BCUT2D eigenvalue weighted by Gasteiger charge is 2.15. The second-order valence-corrected chi connectivity index (χ2v) is 5.05. The molecule has 13 heavy (non-hydrogen) atoms. The Morgan fingerprint density at radius 1 is 1.31 bits per heavy atom. The Bertz CT molecular complexity index is 272. The molecule has 0 unspecified atom stereocenters. The lowest BCUT2D eigenvalue weighted by molar-refractivity contribution is 0.665. The van der Waals surface area contributed by atoms with E-state index >= 15 is 0 Å². The van der Waals surface area contributed by atoms with Crippen molar-refractivity contribution in [1.29, 1.82) is 0 Å². The van der Waals surface area contributed by atoms with Gasteiger partial charge in [-0.05, 0) is 24.3 Å². The molecule has 0 radical (unpaired) electrons. The maximum Gasteiger partial charge on any atom is 0.186 e. The van der Waals surface area contributed by atoms with E-state index in [2.05, 4.69) is 14.1 Å². The third kappa shape index (κ3) is 2.48. The molecular formula is C7H10ClN3S2. The van der Waals surface area contributed by atoms with Crippen LogP contribution in [0.15, 0.2) is 0 Å². The maximum atomic E-state index is 5.83. The second-order valence-electron chi connectivity index (χ2n) is 2.93. The summed E-state index contributed by atoms with van der Waals surface area (Å²) in [7, 11) is 0. The lowest BCUT2D eigenvalue weighted by Crippen LogP contribution is -2.24. The molecule has 1 fully saturated rings. The zero-order valence-corrected chi connectivity index (χ0v) is 9.38. The Balaban J connectivity index is 1.93. The van der Waals surface area contributed by atoms with Gasteiger partial charge in [-0.3, -0.25) is 0 Å². The normalized spacial score (nSPS) is 18.8. The molecule has 72 valence electrons. The summed E-state index contributed by atoms with van der Waals surface area (Å²) in [6.07, 6.45) is 2.39. The Morgan fingerprint density at radius 2 is 2.08 bits per heavy atom. The van der Waals surface area contributed by atoms with Crippen LogP contribution < -0.4 is 5.32 Å². The summed E-state index contributed by atoms with van der Waals surface area (Å²) in [4.78, 5) is 0. The Labute approximate surface area is 90.6 Å². The fourth-order valence-corrected chi connectivity index (χ4v) is 3.06. The lowest BCUT2D eigenvalue weighted by Gasteiger charge is -2.22. The number of nitrogens with zero attached hydrogens (tertiary/aromatic N) is 2. The molecule has 1 aliphatic rings. The predicted molar refractivity (Wildman–Crippen MR) is 58.9 cm³/mol. The minimum absolute atomic E-state index is 0.503. The molecule has 0 amide bonds. The molecule has 6 heteroatoms. The van der Waals surface area contributed by atoms with E-state index in [-0.39, 0.29) is 0 Å². The molecule has 0 bridgehead atoms. The van der Waals surface area contributed by atoms with Crippen molar-refractivity contribution in [2.45, 2.75) is 18.9 Å². The van der Waals surface area contributed by atoms with Crippen LogP contribution in [0.25, 0.3) is 0 Å². The van der Waals surface area contributed by atoms with Gasteiger partial charge in [-0.25, -0.2) is 0 Å². The number of hydrogen-bond acceptors (Lipinski definition) is 5. The van der Waals surface area contributed by atoms with Crippen LogP contribution >= 0.6 is 35.1 Å². The number of rotatable bonds is 2. The van der Waals surface area contributed by atoms with Crippen LogP contribution in [0.5, 0.6) is 0 Å². The van der Waals surface area contributed by atoms with E-state index in [1.165, 1.54) is 24.3 Å². The summed E-state index contributed by atoms with van der Waals surface area (Å²) < 4.78 is 8.00. The minimum Gasteiger partial charge on any atom is -0.364 e. The molecule has 1 N–H and O–H groups in total. The monoisotopic (exact) mass is 235 g/mol. The van der Waals surface area contributed by atoms with Gasteiger partial charge in [-0.1, -0.05) is 11.6 Å². The number of nitrogens with one attached hydrogen (secondary N) is 1. The summed E-state index contributed by atoms with van der Waals surface area (Å²) in [5.41, 5.74) is 0. The first-order chi connectivity index (χ1) is 6.36. The molecule has 0 atom stereocenters. The van der Waals surface area contributed by atoms with Crippen molar-refractivity contribution >= 4 is 40.9 Å². The van der Waals surface area contributed by atoms with E-state index in [0.29, 0.717) is 11.2 Å². The summed E-state index contributed by atoms with van der Waals surface area (Å²) in [6.45, 7) is 0. The zero-order chi connectivity index (χ0) is 9.10. The minimum atomic E-state index is 0.503. The smallest absolute Gasteiger partial charge is 0.186 e. The zero-order valence-electron chi connectivity index (χ0n) is 6.99. The molecule has 0 spiro atoms. The van der Waals surface area contributed by atoms with Crippen LogP contribution in [0.1, 0.15) is 12.8 Å². The van der Waals surface area contributed by atoms with Crippen LogP contribution in [-0.4, -0.2) is 26.3 Å². The second kappa shape index (κ2) is 4.48. The average molecular weight is 236 g/mol. The van der Waals surface area contributed by atoms with Crippen molar-refractivity contribution in [3.8, 4) is 0 Å². The first-order valence-electron chi connectivity index (χ1n) is 4.18.